The Morgan fingerprint density at radius 2 is 1.88 bits per heavy atom. The fourth-order valence-electron chi connectivity index (χ4n) is 2.37. The van der Waals surface area contributed by atoms with Gasteiger partial charge in [0.25, 0.3) is 5.56 Å². The second-order valence-electron chi connectivity index (χ2n) is 5.84. The minimum absolute atomic E-state index is 0.215. The molecule has 6 nitrogen and oxygen atoms in total. The molecule has 2 aromatic carbocycles. The van der Waals surface area contributed by atoms with Crippen molar-refractivity contribution in [1.29, 1.82) is 0 Å². The molecule has 0 radical (unpaired) electrons. The third kappa shape index (κ3) is 4.80. The van der Waals surface area contributed by atoms with Crippen LogP contribution in [0.2, 0.25) is 0 Å². The molecule has 132 valence electrons. The molecule has 0 aliphatic carbocycles. The molecule has 2 N–H and O–H groups in total. The highest BCUT2D eigenvalue weighted by molar-refractivity contribution is 5.99. The van der Waals surface area contributed by atoms with E-state index in [0.29, 0.717) is 18.2 Å². The van der Waals surface area contributed by atoms with Crippen molar-refractivity contribution < 1.29 is 4.74 Å². The maximum atomic E-state index is 11.4. The van der Waals surface area contributed by atoms with Crippen molar-refractivity contribution in [1.82, 2.24) is 9.97 Å². The van der Waals surface area contributed by atoms with Crippen LogP contribution in [0.5, 0.6) is 5.75 Å². The summed E-state index contributed by atoms with van der Waals surface area (Å²) in [5, 5.41) is 4.26. The Hall–Kier alpha value is -3.41. The summed E-state index contributed by atoms with van der Waals surface area (Å²) in [6.07, 6.45) is 0. The number of hydrogen-bond acceptors (Lipinski definition) is 5. The number of aromatic amines is 1. The molecule has 0 unspecified atom stereocenters. The SMILES string of the molecule is C/C(=N/Nc1nc(C)cc(=O)[nH]1)c1ccc(OCc2ccccc2)cc1. The van der Waals surface area contributed by atoms with Gasteiger partial charge in [0, 0.05) is 11.8 Å². The van der Waals surface area contributed by atoms with Crippen LogP contribution >= 0.6 is 0 Å². The highest BCUT2D eigenvalue weighted by atomic mass is 16.5. The normalized spacial score (nSPS) is 11.2. The summed E-state index contributed by atoms with van der Waals surface area (Å²) >= 11 is 0. The van der Waals surface area contributed by atoms with Gasteiger partial charge in [-0.1, -0.05) is 30.3 Å². The Labute approximate surface area is 151 Å². The molecule has 0 saturated heterocycles. The predicted octanol–water partition coefficient (Wildman–Crippen LogP) is 3.49. The Kier molecular flexibility index (Phi) is 5.43. The molecule has 0 aliphatic heterocycles. The quantitative estimate of drug-likeness (QED) is 0.528. The Morgan fingerprint density at radius 3 is 2.58 bits per heavy atom. The van der Waals surface area contributed by atoms with E-state index in [9.17, 15) is 4.79 Å². The number of nitrogens with one attached hydrogen (secondary N) is 2. The second kappa shape index (κ2) is 8.11. The summed E-state index contributed by atoms with van der Waals surface area (Å²) in [6, 6.07) is 19.1. The first kappa shape index (κ1) is 17.4. The molecule has 0 spiro atoms. The number of aromatic nitrogens is 2. The topological polar surface area (TPSA) is 79.4 Å². The van der Waals surface area contributed by atoms with Gasteiger partial charge in [-0.3, -0.25) is 9.78 Å². The number of aryl methyl sites for hydroxylation is 1. The van der Waals surface area contributed by atoms with Crippen LogP contribution in [-0.2, 0) is 6.61 Å². The minimum atomic E-state index is -0.215. The number of nitrogens with zero attached hydrogens (tertiary/aromatic N) is 2. The molecule has 0 aliphatic rings. The van der Waals surface area contributed by atoms with E-state index >= 15 is 0 Å². The molecule has 6 heteroatoms. The minimum Gasteiger partial charge on any atom is -0.489 e. The fourth-order valence-corrected chi connectivity index (χ4v) is 2.37. The van der Waals surface area contributed by atoms with Crippen molar-refractivity contribution in [2.24, 2.45) is 5.10 Å². The predicted molar refractivity (Wildman–Crippen MR) is 103 cm³/mol. The highest BCUT2D eigenvalue weighted by Crippen LogP contribution is 2.15. The van der Waals surface area contributed by atoms with Gasteiger partial charge >= 0.3 is 0 Å². The van der Waals surface area contributed by atoms with Gasteiger partial charge < -0.3 is 4.74 Å². The van der Waals surface area contributed by atoms with Gasteiger partial charge in [-0.25, -0.2) is 10.4 Å². The molecular formula is C20H20N4O2. The van der Waals surface area contributed by atoms with Crippen LogP contribution in [-0.4, -0.2) is 15.7 Å². The number of rotatable bonds is 6. The monoisotopic (exact) mass is 348 g/mol. The van der Waals surface area contributed by atoms with E-state index in [4.69, 9.17) is 4.74 Å². The molecule has 0 bridgehead atoms. The zero-order valence-electron chi connectivity index (χ0n) is 14.7. The Morgan fingerprint density at radius 1 is 1.15 bits per heavy atom. The summed E-state index contributed by atoms with van der Waals surface area (Å²) in [6.45, 7) is 4.16. The number of anilines is 1. The average molecular weight is 348 g/mol. The summed E-state index contributed by atoms with van der Waals surface area (Å²) in [5.41, 5.74) is 6.02. The van der Waals surface area contributed by atoms with Crippen LogP contribution in [0.25, 0.3) is 0 Å². The van der Waals surface area contributed by atoms with Crippen LogP contribution in [0.3, 0.4) is 0 Å². The molecule has 0 amide bonds. The van der Waals surface area contributed by atoms with Crippen molar-refractivity contribution in [3.8, 4) is 5.75 Å². The molecule has 0 fully saturated rings. The maximum absolute atomic E-state index is 11.4. The van der Waals surface area contributed by atoms with Gasteiger partial charge in [-0.05, 0) is 49.2 Å². The molecule has 3 aromatic rings. The first-order chi connectivity index (χ1) is 12.6. The molecule has 1 heterocycles. The van der Waals surface area contributed by atoms with Gasteiger partial charge in [0.15, 0.2) is 0 Å². The summed E-state index contributed by atoms with van der Waals surface area (Å²) in [5.74, 6) is 1.11. The van der Waals surface area contributed by atoms with Crippen LogP contribution in [0.4, 0.5) is 5.95 Å². The van der Waals surface area contributed by atoms with Gasteiger partial charge in [0.05, 0.1) is 5.71 Å². The Balaban J connectivity index is 1.62. The molecule has 1 aromatic heterocycles. The lowest BCUT2D eigenvalue weighted by atomic mass is 10.1. The van der Waals surface area contributed by atoms with Crippen molar-refractivity contribution in [3.63, 3.8) is 0 Å². The lowest BCUT2D eigenvalue weighted by Gasteiger charge is -2.08. The third-order valence-electron chi connectivity index (χ3n) is 3.72. The van der Waals surface area contributed by atoms with Crippen LogP contribution in [0, 0.1) is 6.92 Å². The van der Waals surface area contributed by atoms with Crippen LogP contribution in [0.1, 0.15) is 23.7 Å². The second-order valence-corrected chi connectivity index (χ2v) is 5.84. The number of H-pyrrole nitrogens is 1. The standard InChI is InChI=1S/C20H20N4O2/c1-14-12-19(25)22-20(21-14)24-23-15(2)17-8-10-18(11-9-17)26-13-16-6-4-3-5-7-16/h3-12H,13H2,1-2H3,(H2,21,22,24,25)/b23-15-. The van der Waals surface area contributed by atoms with E-state index < -0.39 is 0 Å². The van der Waals surface area contributed by atoms with E-state index in [1.54, 1.807) is 6.92 Å². The lowest BCUT2D eigenvalue weighted by Crippen LogP contribution is -2.11. The first-order valence-electron chi connectivity index (χ1n) is 8.25. The van der Waals surface area contributed by atoms with Crippen molar-refractivity contribution in [2.45, 2.75) is 20.5 Å². The van der Waals surface area contributed by atoms with Crippen LogP contribution in [0.15, 0.2) is 70.6 Å². The van der Waals surface area contributed by atoms with Crippen LogP contribution < -0.4 is 15.7 Å². The van der Waals surface area contributed by atoms with E-state index in [2.05, 4.69) is 20.5 Å². The fraction of sp³-hybridized carbons (Fsp3) is 0.150. The largest absolute Gasteiger partial charge is 0.489 e. The summed E-state index contributed by atoms with van der Waals surface area (Å²) in [4.78, 5) is 18.2. The smallest absolute Gasteiger partial charge is 0.252 e. The van der Waals surface area contributed by atoms with Gasteiger partial charge in [0.2, 0.25) is 5.95 Å². The van der Waals surface area contributed by atoms with Gasteiger partial charge in [-0.15, -0.1) is 0 Å². The van der Waals surface area contributed by atoms with Crippen molar-refractivity contribution in [2.75, 3.05) is 5.43 Å². The number of hydrogen-bond donors (Lipinski definition) is 2. The zero-order chi connectivity index (χ0) is 18.4. The number of ether oxygens (including phenoxy) is 1. The highest BCUT2D eigenvalue weighted by Gasteiger charge is 2.01. The van der Waals surface area contributed by atoms with E-state index in [0.717, 1.165) is 22.6 Å². The number of benzene rings is 2. The molecular weight excluding hydrogens is 328 g/mol. The van der Waals surface area contributed by atoms with E-state index in [1.165, 1.54) is 6.07 Å². The van der Waals surface area contributed by atoms with E-state index in [1.807, 2.05) is 61.5 Å². The Bertz CT molecular complexity index is 948. The number of hydrazone groups is 1. The first-order valence-corrected chi connectivity index (χ1v) is 8.25. The third-order valence-corrected chi connectivity index (χ3v) is 3.72. The summed E-state index contributed by atoms with van der Waals surface area (Å²) < 4.78 is 5.78. The molecule has 0 saturated carbocycles. The van der Waals surface area contributed by atoms with Crippen molar-refractivity contribution >= 4 is 11.7 Å². The lowest BCUT2D eigenvalue weighted by molar-refractivity contribution is 0.306. The zero-order valence-corrected chi connectivity index (χ0v) is 14.7. The van der Waals surface area contributed by atoms with Crippen molar-refractivity contribution in [3.05, 3.63) is 87.8 Å². The summed E-state index contributed by atoms with van der Waals surface area (Å²) in [7, 11) is 0. The van der Waals surface area contributed by atoms with Gasteiger partial charge in [-0.2, -0.15) is 5.10 Å². The maximum Gasteiger partial charge on any atom is 0.252 e. The molecule has 3 rings (SSSR count). The van der Waals surface area contributed by atoms with E-state index in [-0.39, 0.29) is 5.56 Å². The van der Waals surface area contributed by atoms with Gasteiger partial charge in [0.1, 0.15) is 12.4 Å². The average Bonchev–Trinajstić information content (AvgIpc) is 2.65. The molecule has 26 heavy (non-hydrogen) atoms. The molecule has 0 atom stereocenters.